The SMILES string of the molecule is Cc1cc(C2C3=CCC4C(=O)N(N(C)c5nc(C(F)(F)F)ccc5Cl)C(=O)C4C3CC3C(=O)N(c4ccc(F)c(Cl)c4)C(=O)C32C)cc(C)c1O. The van der Waals surface area contributed by atoms with Crippen LogP contribution in [0.1, 0.15) is 48.1 Å². The van der Waals surface area contributed by atoms with Gasteiger partial charge in [-0.15, -0.1) is 0 Å². The van der Waals surface area contributed by atoms with Gasteiger partial charge in [0.2, 0.25) is 11.8 Å². The molecule has 4 amide bonds. The predicted octanol–water partition coefficient (Wildman–Crippen LogP) is 7.15. The highest BCUT2D eigenvalue weighted by atomic mass is 35.5. The lowest BCUT2D eigenvalue weighted by atomic mass is 9.51. The molecule has 6 atom stereocenters. The van der Waals surface area contributed by atoms with Crippen molar-refractivity contribution in [3.63, 3.8) is 0 Å². The van der Waals surface area contributed by atoms with Crippen LogP contribution >= 0.6 is 23.2 Å². The molecular weight excluding hydrogens is 715 g/mol. The molecule has 1 N–H and O–H groups in total. The smallest absolute Gasteiger partial charge is 0.433 e. The number of aromatic nitrogens is 1. The minimum Gasteiger partial charge on any atom is -0.507 e. The number of alkyl halides is 3. The maximum Gasteiger partial charge on any atom is 0.433 e. The van der Waals surface area contributed by atoms with Gasteiger partial charge in [-0.3, -0.25) is 24.2 Å². The topological polar surface area (TPSA) is 111 Å². The number of allylic oxidation sites excluding steroid dienone is 2. The average Bonchev–Trinajstić information content (AvgIpc) is 3.43. The van der Waals surface area contributed by atoms with Crippen molar-refractivity contribution in [3.05, 3.63) is 92.4 Å². The van der Waals surface area contributed by atoms with Crippen LogP contribution in [0.25, 0.3) is 0 Å². The van der Waals surface area contributed by atoms with Gasteiger partial charge in [-0.1, -0.05) is 47.0 Å². The second-order valence-electron chi connectivity index (χ2n) is 13.8. The summed E-state index contributed by atoms with van der Waals surface area (Å²) in [4.78, 5) is 61.9. The lowest BCUT2D eigenvalue weighted by Crippen LogP contribution is -2.49. The van der Waals surface area contributed by atoms with Crippen molar-refractivity contribution in [2.45, 2.75) is 45.7 Å². The first-order chi connectivity index (χ1) is 23.9. The van der Waals surface area contributed by atoms with Crippen LogP contribution in [-0.2, 0) is 25.4 Å². The van der Waals surface area contributed by atoms with Crippen LogP contribution in [0, 0.1) is 48.8 Å². The van der Waals surface area contributed by atoms with E-state index in [1.54, 1.807) is 32.9 Å². The standard InChI is InChI=1S/C36H30Cl2F4N4O5/c1-15-11-17(12-16(2)29(15)47)28-19-6-7-20-27(33(50)46(31(20)48)44(4)30-23(37)8-10-26(43-30)36(40,41)42)21(19)14-22-32(49)45(34(51)35(22,28)3)18-5-9-25(39)24(38)13-18/h5-6,8-13,20-22,27-28,47H,7,14H2,1-4H3. The Morgan fingerprint density at radius 3 is 2.24 bits per heavy atom. The van der Waals surface area contributed by atoms with Gasteiger partial charge < -0.3 is 5.11 Å². The summed E-state index contributed by atoms with van der Waals surface area (Å²) in [7, 11) is 1.23. The number of pyridine rings is 1. The van der Waals surface area contributed by atoms with Crippen LogP contribution in [-0.4, -0.2) is 45.8 Å². The lowest BCUT2D eigenvalue weighted by molar-refractivity contribution is -0.141. The largest absolute Gasteiger partial charge is 0.507 e. The maximum atomic E-state index is 14.6. The molecule has 9 nitrogen and oxygen atoms in total. The van der Waals surface area contributed by atoms with Crippen LogP contribution in [0.3, 0.4) is 0 Å². The zero-order valence-corrected chi connectivity index (χ0v) is 29.1. The number of anilines is 2. The van der Waals surface area contributed by atoms with Gasteiger partial charge >= 0.3 is 6.18 Å². The molecule has 15 heteroatoms. The fourth-order valence-electron chi connectivity index (χ4n) is 8.61. The molecule has 3 heterocycles. The summed E-state index contributed by atoms with van der Waals surface area (Å²) < 4.78 is 54.9. The Bertz CT molecular complexity index is 2080. The fourth-order valence-corrected chi connectivity index (χ4v) is 9.01. The molecule has 0 radical (unpaired) electrons. The summed E-state index contributed by atoms with van der Waals surface area (Å²) in [5.41, 5.74) is -0.308. The van der Waals surface area contributed by atoms with Gasteiger partial charge in [0.1, 0.15) is 17.3 Å². The van der Waals surface area contributed by atoms with Crippen molar-refractivity contribution in [2.24, 2.45) is 29.1 Å². The number of phenolic OH excluding ortho intramolecular Hbond substituents is 1. The van der Waals surface area contributed by atoms with Crippen molar-refractivity contribution in [1.82, 2.24) is 9.99 Å². The summed E-state index contributed by atoms with van der Waals surface area (Å²) in [5, 5.41) is 11.8. The predicted molar refractivity (Wildman–Crippen MR) is 178 cm³/mol. The number of halogens is 6. The number of fused-ring (bicyclic) bond motifs is 4. The van der Waals surface area contributed by atoms with Crippen LogP contribution in [0.15, 0.2) is 54.1 Å². The van der Waals surface area contributed by atoms with E-state index in [-0.39, 0.29) is 34.3 Å². The van der Waals surface area contributed by atoms with E-state index in [0.717, 1.165) is 27.1 Å². The van der Waals surface area contributed by atoms with Crippen LogP contribution < -0.4 is 9.91 Å². The number of hydrogen-bond donors (Lipinski definition) is 1. The summed E-state index contributed by atoms with van der Waals surface area (Å²) in [5.74, 6) is -8.17. The number of imide groups is 2. The van der Waals surface area contributed by atoms with E-state index >= 15 is 0 Å². The molecule has 0 spiro atoms. The van der Waals surface area contributed by atoms with Crippen molar-refractivity contribution >= 4 is 58.3 Å². The highest BCUT2D eigenvalue weighted by molar-refractivity contribution is 6.33. The number of aryl methyl sites for hydroxylation is 2. The molecule has 0 bridgehead atoms. The third-order valence-corrected chi connectivity index (χ3v) is 11.6. The van der Waals surface area contributed by atoms with Crippen molar-refractivity contribution in [3.8, 4) is 5.75 Å². The molecule has 266 valence electrons. The van der Waals surface area contributed by atoms with Crippen LogP contribution in [0.5, 0.6) is 5.75 Å². The zero-order valence-electron chi connectivity index (χ0n) is 27.6. The number of carbonyl (C=O) groups excluding carboxylic acids is 4. The van der Waals surface area contributed by atoms with E-state index < -0.39 is 82.1 Å². The minimum absolute atomic E-state index is 0.00874. The highest BCUT2D eigenvalue weighted by Crippen LogP contribution is 2.64. The number of aromatic hydroxyl groups is 1. The number of carbonyl (C=O) groups is 4. The monoisotopic (exact) mass is 744 g/mol. The number of hydrazine groups is 1. The Labute approximate surface area is 299 Å². The molecule has 1 saturated carbocycles. The lowest BCUT2D eigenvalue weighted by Gasteiger charge is -2.49. The van der Waals surface area contributed by atoms with Gasteiger partial charge in [0.25, 0.3) is 11.8 Å². The second kappa shape index (κ2) is 11.8. The summed E-state index contributed by atoms with van der Waals surface area (Å²) >= 11 is 12.3. The third kappa shape index (κ3) is 5.06. The Kier molecular flexibility index (Phi) is 8.07. The third-order valence-electron chi connectivity index (χ3n) is 11.0. The molecular formula is C36H30Cl2F4N4O5. The number of phenols is 1. The van der Waals surface area contributed by atoms with E-state index in [0.29, 0.717) is 28.3 Å². The number of nitrogens with zero attached hydrogens (tertiary/aromatic N) is 4. The van der Waals surface area contributed by atoms with Crippen molar-refractivity contribution < 1.29 is 41.8 Å². The molecule has 1 aromatic heterocycles. The molecule has 2 aromatic carbocycles. The molecule has 7 rings (SSSR count). The molecule has 51 heavy (non-hydrogen) atoms. The first-order valence-electron chi connectivity index (χ1n) is 16.1. The first-order valence-corrected chi connectivity index (χ1v) is 16.8. The summed E-state index contributed by atoms with van der Waals surface area (Å²) in [6.07, 6.45) is -2.94. The molecule has 3 aromatic rings. The quantitative estimate of drug-likeness (QED) is 0.172. The normalized spacial score (nSPS) is 27.4. The zero-order chi connectivity index (χ0) is 37.1. The van der Waals surface area contributed by atoms with Crippen LogP contribution in [0.4, 0.5) is 29.1 Å². The Morgan fingerprint density at radius 1 is 0.941 bits per heavy atom. The maximum absolute atomic E-state index is 14.6. The van der Waals surface area contributed by atoms with Gasteiger partial charge in [-0.25, -0.2) is 14.3 Å². The summed E-state index contributed by atoms with van der Waals surface area (Å²) in [6.45, 7) is 5.08. The Morgan fingerprint density at radius 2 is 1.61 bits per heavy atom. The summed E-state index contributed by atoms with van der Waals surface area (Å²) in [6, 6.07) is 8.66. The van der Waals surface area contributed by atoms with E-state index in [4.69, 9.17) is 23.2 Å². The number of benzene rings is 2. The highest BCUT2D eigenvalue weighted by Gasteiger charge is 2.68. The van der Waals surface area contributed by atoms with Gasteiger partial charge in [0.15, 0.2) is 5.82 Å². The number of amides is 4. The Balaban J connectivity index is 1.34. The molecule has 2 saturated heterocycles. The van der Waals surface area contributed by atoms with Crippen molar-refractivity contribution in [2.75, 3.05) is 17.0 Å². The van der Waals surface area contributed by atoms with E-state index in [9.17, 15) is 41.8 Å². The van der Waals surface area contributed by atoms with Crippen LogP contribution in [0.2, 0.25) is 10.0 Å². The molecule has 3 fully saturated rings. The van der Waals surface area contributed by atoms with E-state index in [2.05, 4.69) is 4.98 Å². The number of rotatable bonds is 4. The fraction of sp³-hybridized carbons (Fsp3) is 0.361. The molecule has 2 aliphatic carbocycles. The van der Waals surface area contributed by atoms with Gasteiger partial charge in [-0.05, 0) is 86.6 Å². The van der Waals surface area contributed by atoms with Gasteiger partial charge in [-0.2, -0.15) is 18.2 Å². The first kappa shape index (κ1) is 34.9. The molecule has 4 aliphatic rings. The number of hydrogen-bond acceptors (Lipinski definition) is 7. The minimum atomic E-state index is -4.82. The average molecular weight is 746 g/mol. The van der Waals surface area contributed by atoms with E-state index in [1.807, 2.05) is 6.08 Å². The molecule has 2 aliphatic heterocycles. The Hall–Kier alpha value is -4.49. The van der Waals surface area contributed by atoms with Gasteiger partial charge in [0, 0.05) is 13.0 Å². The van der Waals surface area contributed by atoms with Crippen molar-refractivity contribution in [1.29, 1.82) is 0 Å². The molecule has 6 unspecified atom stereocenters. The second-order valence-corrected chi connectivity index (χ2v) is 14.6. The van der Waals surface area contributed by atoms with E-state index in [1.165, 1.54) is 19.2 Å². The van der Waals surface area contributed by atoms with Gasteiger partial charge in [0.05, 0.1) is 38.9 Å².